The smallest absolute Gasteiger partial charge is 0.406 e. The molecule has 1 aliphatic heterocycles. The molecule has 9 nitrogen and oxygen atoms in total. The molecule has 2 aromatic heterocycles. The summed E-state index contributed by atoms with van der Waals surface area (Å²) in [6.07, 6.45) is -2.80. The molecule has 2 aromatic carbocycles. The van der Waals surface area contributed by atoms with Gasteiger partial charge in [0.2, 0.25) is 5.91 Å². The number of halogens is 5. The first-order valence-electron chi connectivity index (χ1n) is 15.5. The Labute approximate surface area is 286 Å². The van der Waals surface area contributed by atoms with Crippen LogP contribution in [0.1, 0.15) is 67.8 Å². The number of amides is 2. The highest BCUT2D eigenvalue weighted by Gasteiger charge is 2.31. The van der Waals surface area contributed by atoms with E-state index >= 15 is 0 Å². The number of anilines is 2. The monoisotopic (exact) mass is 704 g/mol. The molecule has 14 heteroatoms. The highest BCUT2D eigenvalue weighted by Crippen LogP contribution is 2.33. The highest BCUT2D eigenvalue weighted by atomic mass is 35.5. The number of aromatic nitrogens is 3. The van der Waals surface area contributed by atoms with E-state index in [4.69, 9.17) is 33.2 Å². The van der Waals surface area contributed by atoms with Gasteiger partial charge in [0.1, 0.15) is 22.9 Å². The molecule has 1 saturated heterocycles. The molecule has 0 spiro atoms. The third kappa shape index (κ3) is 8.15. The van der Waals surface area contributed by atoms with Crippen molar-refractivity contribution < 1.29 is 27.5 Å². The van der Waals surface area contributed by atoms with Crippen molar-refractivity contribution >= 4 is 57.7 Å². The van der Waals surface area contributed by atoms with Crippen LogP contribution in [0.4, 0.5) is 24.7 Å². The van der Waals surface area contributed by atoms with Crippen LogP contribution in [0.2, 0.25) is 10.0 Å². The summed E-state index contributed by atoms with van der Waals surface area (Å²) in [4.78, 5) is 38.0. The van der Waals surface area contributed by atoms with E-state index < -0.39 is 23.4 Å². The predicted octanol–water partition coefficient (Wildman–Crippen LogP) is 7.92. The number of ether oxygens (including phenoxy) is 1. The summed E-state index contributed by atoms with van der Waals surface area (Å²) in [5.74, 6) is 0.449. The fourth-order valence-electron chi connectivity index (χ4n) is 5.45. The Morgan fingerprint density at radius 3 is 2.42 bits per heavy atom. The van der Waals surface area contributed by atoms with Gasteiger partial charge in [0.25, 0.3) is 5.91 Å². The van der Waals surface area contributed by atoms with E-state index in [1.165, 1.54) is 12.1 Å². The number of nitrogens with zero attached hydrogens (tertiary/aromatic N) is 4. The Hall–Kier alpha value is -4.03. The van der Waals surface area contributed by atoms with Crippen LogP contribution in [0.3, 0.4) is 0 Å². The van der Waals surface area contributed by atoms with Crippen LogP contribution in [-0.4, -0.2) is 45.8 Å². The zero-order valence-corrected chi connectivity index (χ0v) is 28.8. The molecule has 0 unspecified atom stereocenters. The SMILES string of the molecule is CC1CCN(c2nc3c(cc2C(=O)Nc2cccc(OC(F)(F)F)c2)nc(Cc2c(Cl)ccc(CNC(=O)C(C)(C)C)c2Cl)n3C)CC1. The van der Waals surface area contributed by atoms with Crippen LogP contribution >= 0.6 is 23.2 Å². The molecule has 2 amide bonds. The average molecular weight is 706 g/mol. The Balaban J connectivity index is 1.49. The predicted molar refractivity (Wildman–Crippen MR) is 181 cm³/mol. The molecule has 1 fully saturated rings. The number of imidazole rings is 1. The number of carbonyl (C=O) groups is 2. The van der Waals surface area contributed by atoms with Gasteiger partial charge in [0.05, 0.1) is 10.6 Å². The van der Waals surface area contributed by atoms with Crippen LogP contribution in [-0.2, 0) is 24.8 Å². The number of benzene rings is 2. The zero-order valence-electron chi connectivity index (χ0n) is 27.3. The molecule has 4 aromatic rings. The lowest BCUT2D eigenvalue weighted by Crippen LogP contribution is -2.35. The fourth-order valence-corrected chi connectivity index (χ4v) is 6.02. The van der Waals surface area contributed by atoms with Crippen molar-refractivity contribution in [2.45, 2.75) is 59.9 Å². The standard InChI is InChI=1S/C34H37Cl2F3N6O3/c1-19-11-13-45(14-12-19)29-24(31(46)41-21-7-6-8-22(15-21)48-34(37,38)39)16-26-30(43-29)44(5)27(42-26)17-23-25(35)10-9-20(28(23)36)18-40-32(47)33(2,3)4/h6-10,15-16,19H,11-14,17-18H2,1-5H3,(H,40,47)(H,41,46). The quantitative estimate of drug-likeness (QED) is 0.193. The average Bonchev–Trinajstić information content (AvgIpc) is 3.31. The topological polar surface area (TPSA) is 101 Å². The second-order valence-corrected chi connectivity index (χ2v) is 13.9. The summed E-state index contributed by atoms with van der Waals surface area (Å²) >= 11 is 13.4. The van der Waals surface area contributed by atoms with E-state index in [0.717, 1.165) is 25.0 Å². The van der Waals surface area contributed by atoms with Crippen LogP contribution in [0.5, 0.6) is 5.75 Å². The molecule has 3 heterocycles. The molecule has 0 atom stereocenters. The number of rotatable bonds is 8. The molecule has 0 bridgehead atoms. The number of pyridine rings is 1. The van der Waals surface area contributed by atoms with Crippen LogP contribution in [0, 0.1) is 11.3 Å². The number of carbonyl (C=O) groups excluding carboxylic acids is 2. The van der Waals surface area contributed by atoms with Gasteiger partial charge in [-0.05, 0) is 54.2 Å². The van der Waals surface area contributed by atoms with Gasteiger partial charge < -0.3 is 24.8 Å². The molecule has 256 valence electrons. The maximum Gasteiger partial charge on any atom is 0.573 e. The third-order valence-corrected chi connectivity index (χ3v) is 9.12. The third-order valence-electron chi connectivity index (χ3n) is 8.29. The van der Waals surface area contributed by atoms with Crippen molar-refractivity contribution in [1.29, 1.82) is 0 Å². The summed E-state index contributed by atoms with van der Waals surface area (Å²) < 4.78 is 44.3. The number of fused-ring (bicyclic) bond motifs is 1. The first kappa shape index (κ1) is 35.3. The van der Waals surface area contributed by atoms with Crippen molar-refractivity contribution in [3.05, 3.63) is 75.0 Å². The van der Waals surface area contributed by atoms with Gasteiger partial charge in [0, 0.05) is 55.3 Å². The van der Waals surface area contributed by atoms with Crippen molar-refractivity contribution in [2.75, 3.05) is 23.3 Å². The van der Waals surface area contributed by atoms with Crippen LogP contribution in [0.25, 0.3) is 11.2 Å². The van der Waals surface area contributed by atoms with E-state index in [1.807, 2.05) is 37.3 Å². The normalized spacial score (nSPS) is 14.3. The molecular formula is C34H37Cl2F3N6O3. The molecular weight excluding hydrogens is 668 g/mol. The lowest BCUT2D eigenvalue weighted by molar-refractivity contribution is -0.274. The largest absolute Gasteiger partial charge is 0.573 e. The van der Waals surface area contributed by atoms with E-state index in [9.17, 15) is 22.8 Å². The molecule has 0 aliphatic carbocycles. The molecule has 0 radical (unpaired) electrons. The maximum absolute atomic E-state index is 13.7. The van der Waals surface area contributed by atoms with Crippen molar-refractivity contribution in [3.63, 3.8) is 0 Å². The van der Waals surface area contributed by atoms with Gasteiger partial charge in [-0.25, -0.2) is 9.97 Å². The van der Waals surface area contributed by atoms with E-state index in [1.54, 1.807) is 18.2 Å². The molecule has 0 saturated carbocycles. The number of hydrogen-bond donors (Lipinski definition) is 2. The molecule has 5 rings (SSSR count). The van der Waals surface area contributed by atoms with Gasteiger partial charge in [-0.1, -0.05) is 63.0 Å². The lowest BCUT2D eigenvalue weighted by Gasteiger charge is -2.32. The van der Waals surface area contributed by atoms with Crippen molar-refractivity contribution in [3.8, 4) is 5.75 Å². The number of nitrogens with one attached hydrogen (secondary N) is 2. The van der Waals surface area contributed by atoms with E-state index in [2.05, 4.69) is 22.3 Å². The Morgan fingerprint density at radius 2 is 1.75 bits per heavy atom. The van der Waals surface area contributed by atoms with Crippen molar-refractivity contribution in [1.82, 2.24) is 19.9 Å². The number of aryl methyl sites for hydroxylation is 1. The number of hydrogen-bond acceptors (Lipinski definition) is 6. The van der Waals surface area contributed by atoms with Crippen LogP contribution < -0.4 is 20.3 Å². The summed E-state index contributed by atoms with van der Waals surface area (Å²) in [6.45, 7) is 9.25. The minimum Gasteiger partial charge on any atom is -0.406 e. The minimum atomic E-state index is -4.87. The van der Waals surface area contributed by atoms with E-state index in [-0.39, 0.29) is 30.1 Å². The Kier molecular flexibility index (Phi) is 10.2. The molecule has 48 heavy (non-hydrogen) atoms. The van der Waals surface area contributed by atoms with Gasteiger partial charge in [0.15, 0.2) is 5.65 Å². The van der Waals surface area contributed by atoms with Gasteiger partial charge >= 0.3 is 6.36 Å². The molecule has 1 aliphatic rings. The minimum absolute atomic E-state index is 0.113. The summed E-state index contributed by atoms with van der Waals surface area (Å²) in [5, 5.41) is 6.46. The fraction of sp³-hybridized carbons (Fsp3) is 0.412. The second-order valence-electron chi connectivity index (χ2n) is 13.1. The number of alkyl halides is 3. The van der Waals surface area contributed by atoms with Crippen LogP contribution in [0.15, 0.2) is 42.5 Å². The summed E-state index contributed by atoms with van der Waals surface area (Å²) in [5.41, 5.74) is 2.12. The van der Waals surface area contributed by atoms with Gasteiger partial charge in [-0.2, -0.15) is 0 Å². The molecule has 2 N–H and O–H groups in total. The first-order valence-corrected chi connectivity index (χ1v) is 16.3. The summed E-state index contributed by atoms with van der Waals surface area (Å²) in [6, 6.07) is 10.2. The number of piperidine rings is 1. The zero-order chi connectivity index (χ0) is 35.0. The Morgan fingerprint density at radius 1 is 1.04 bits per heavy atom. The maximum atomic E-state index is 13.7. The Bertz CT molecular complexity index is 1850. The van der Waals surface area contributed by atoms with Crippen molar-refractivity contribution in [2.24, 2.45) is 18.4 Å². The van der Waals surface area contributed by atoms with E-state index in [0.29, 0.717) is 63.0 Å². The first-order chi connectivity index (χ1) is 22.5. The van der Waals surface area contributed by atoms with Gasteiger partial charge in [-0.3, -0.25) is 9.59 Å². The lowest BCUT2D eigenvalue weighted by atomic mass is 9.95. The highest BCUT2D eigenvalue weighted by molar-refractivity contribution is 6.36. The summed E-state index contributed by atoms with van der Waals surface area (Å²) in [7, 11) is 1.82. The second kappa shape index (κ2) is 13.8. The van der Waals surface area contributed by atoms with Gasteiger partial charge in [-0.15, -0.1) is 13.2 Å².